The lowest BCUT2D eigenvalue weighted by atomic mass is 10.1. The lowest BCUT2D eigenvalue weighted by Crippen LogP contribution is -2.37. The minimum atomic E-state index is -0.420. The third-order valence-electron chi connectivity index (χ3n) is 3.28. The SMILES string of the molecule is CC(C)(C)OC(=O)N1C=C(N2CCCC2)CCC1. The van der Waals surface area contributed by atoms with E-state index in [1.54, 1.807) is 4.90 Å². The topological polar surface area (TPSA) is 32.8 Å². The first kappa shape index (κ1) is 13.2. The van der Waals surface area contributed by atoms with E-state index in [4.69, 9.17) is 4.74 Å². The van der Waals surface area contributed by atoms with E-state index in [-0.39, 0.29) is 6.09 Å². The van der Waals surface area contributed by atoms with Gasteiger partial charge in [-0.15, -0.1) is 0 Å². The highest BCUT2D eigenvalue weighted by atomic mass is 16.6. The lowest BCUT2D eigenvalue weighted by molar-refractivity contribution is 0.0318. The quantitative estimate of drug-likeness (QED) is 0.719. The van der Waals surface area contributed by atoms with Crippen molar-refractivity contribution >= 4 is 6.09 Å². The Labute approximate surface area is 110 Å². The van der Waals surface area contributed by atoms with Crippen molar-refractivity contribution in [1.29, 1.82) is 0 Å². The van der Waals surface area contributed by atoms with Crippen molar-refractivity contribution in [3.8, 4) is 0 Å². The number of hydrogen-bond acceptors (Lipinski definition) is 3. The molecule has 1 amide bonds. The number of likely N-dealkylation sites (tertiary alicyclic amines) is 1. The first-order chi connectivity index (χ1) is 8.46. The molecule has 0 N–H and O–H groups in total. The molecule has 102 valence electrons. The zero-order chi connectivity index (χ0) is 13.2. The molecule has 0 spiro atoms. The molecular weight excluding hydrogens is 228 g/mol. The molecule has 0 saturated carbocycles. The summed E-state index contributed by atoms with van der Waals surface area (Å²) in [6.07, 6.45) is 6.41. The molecule has 2 heterocycles. The van der Waals surface area contributed by atoms with Gasteiger partial charge in [0, 0.05) is 31.5 Å². The van der Waals surface area contributed by atoms with Gasteiger partial charge in [-0.3, -0.25) is 4.90 Å². The Kier molecular flexibility index (Phi) is 3.83. The fourth-order valence-electron chi connectivity index (χ4n) is 2.45. The molecule has 18 heavy (non-hydrogen) atoms. The van der Waals surface area contributed by atoms with E-state index in [2.05, 4.69) is 4.90 Å². The van der Waals surface area contributed by atoms with Gasteiger partial charge < -0.3 is 9.64 Å². The summed E-state index contributed by atoms with van der Waals surface area (Å²) in [5.41, 5.74) is 0.875. The molecule has 0 aliphatic carbocycles. The van der Waals surface area contributed by atoms with E-state index in [1.807, 2.05) is 27.0 Å². The number of nitrogens with zero attached hydrogens (tertiary/aromatic N) is 2. The molecule has 1 saturated heterocycles. The van der Waals surface area contributed by atoms with Gasteiger partial charge in [0.15, 0.2) is 0 Å². The van der Waals surface area contributed by atoms with E-state index in [0.717, 1.165) is 32.5 Å². The van der Waals surface area contributed by atoms with Crippen LogP contribution in [0.5, 0.6) is 0 Å². The molecule has 4 nitrogen and oxygen atoms in total. The van der Waals surface area contributed by atoms with E-state index in [1.165, 1.54) is 18.5 Å². The average molecular weight is 252 g/mol. The number of carbonyl (C=O) groups excluding carboxylic acids is 1. The summed E-state index contributed by atoms with van der Waals surface area (Å²) in [4.78, 5) is 16.1. The van der Waals surface area contributed by atoms with Crippen LogP contribution < -0.4 is 0 Å². The summed E-state index contributed by atoms with van der Waals surface area (Å²) in [6, 6.07) is 0. The van der Waals surface area contributed by atoms with E-state index in [0.29, 0.717) is 0 Å². The third kappa shape index (κ3) is 3.40. The standard InChI is InChI=1S/C14H24N2O2/c1-14(2,3)18-13(17)16-10-6-7-12(11-16)15-8-4-5-9-15/h11H,4-10H2,1-3H3. The highest BCUT2D eigenvalue weighted by Gasteiger charge is 2.25. The average Bonchev–Trinajstić information content (AvgIpc) is 2.80. The van der Waals surface area contributed by atoms with Gasteiger partial charge in [0.1, 0.15) is 5.60 Å². The number of carbonyl (C=O) groups is 1. The zero-order valence-corrected chi connectivity index (χ0v) is 11.7. The Morgan fingerprint density at radius 3 is 2.44 bits per heavy atom. The summed E-state index contributed by atoms with van der Waals surface area (Å²) >= 11 is 0. The Bertz CT molecular complexity index is 338. The highest BCUT2D eigenvalue weighted by molar-refractivity contribution is 5.69. The Morgan fingerprint density at radius 2 is 1.83 bits per heavy atom. The fourth-order valence-corrected chi connectivity index (χ4v) is 2.45. The van der Waals surface area contributed by atoms with Gasteiger partial charge in [-0.05, 0) is 46.5 Å². The summed E-state index contributed by atoms with van der Waals surface area (Å²) in [5, 5.41) is 0. The number of rotatable bonds is 1. The molecule has 0 unspecified atom stereocenters. The Hall–Kier alpha value is -1.19. The van der Waals surface area contributed by atoms with Crippen LogP contribution in [0.2, 0.25) is 0 Å². The predicted octanol–water partition coefficient (Wildman–Crippen LogP) is 2.95. The molecule has 1 fully saturated rings. The van der Waals surface area contributed by atoms with Crippen molar-refractivity contribution in [3.63, 3.8) is 0 Å². The maximum atomic E-state index is 12.0. The molecule has 0 aromatic rings. The third-order valence-corrected chi connectivity index (χ3v) is 3.28. The minimum Gasteiger partial charge on any atom is -0.443 e. The van der Waals surface area contributed by atoms with Crippen molar-refractivity contribution in [2.24, 2.45) is 0 Å². The minimum absolute atomic E-state index is 0.223. The van der Waals surface area contributed by atoms with Crippen LogP contribution in [0, 0.1) is 0 Å². The molecule has 0 aromatic heterocycles. The second-order valence-electron chi connectivity index (χ2n) is 6.09. The summed E-state index contributed by atoms with van der Waals surface area (Å²) < 4.78 is 5.41. The first-order valence-corrected chi connectivity index (χ1v) is 6.91. The fraction of sp³-hybridized carbons (Fsp3) is 0.786. The van der Waals surface area contributed by atoms with Crippen LogP contribution in [0.4, 0.5) is 4.79 Å². The van der Waals surface area contributed by atoms with Crippen LogP contribution >= 0.6 is 0 Å². The van der Waals surface area contributed by atoms with Crippen LogP contribution in [0.1, 0.15) is 46.5 Å². The number of allylic oxidation sites excluding steroid dienone is 1. The van der Waals surface area contributed by atoms with Gasteiger partial charge in [-0.25, -0.2) is 4.79 Å². The van der Waals surface area contributed by atoms with Gasteiger partial charge in [0.2, 0.25) is 0 Å². The maximum Gasteiger partial charge on any atom is 0.414 e. The van der Waals surface area contributed by atoms with Crippen LogP contribution in [0.3, 0.4) is 0 Å². The molecule has 2 aliphatic heterocycles. The largest absolute Gasteiger partial charge is 0.443 e. The molecule has 4 heteroatoms. The van der Waals surface area contributed by atoms with Crippen molar-refractivity contribution in [2.45, 2.75) is 52.1 Å². The van der Waals surface area contributed by atoms with E-state index < -0.39 is 5.60 Å². The van der Waals surface area contributed by atoms with Crippen LogP contribution in [0.15, 0.2) is 11.9 Å². The molecule has 2 rings (SSSR count). The second kappa shape index (κ2) is 5.21. The molecule has 0 atom stereocenters. The maximum absolute atomic E-state index is 12.0. The van der Waals surface area contributed by atoms with Gasteiger partial charge in [0.25, 0.3) is 0 Å². The Balaban J connectivity index is 2.00. The summed E-state index contributed by atoms with van der Waals surface area (Å²) in [7, 11) is 0. The molecule has 2 aliphatic rings. The zero-order valence-electron chi connectivity index (χ0n) is 11.7. The lowest BCUT2D eigenvalue weighted by Gasteiger charge is -2.31. The Morgan fingerprint density at radius 1 is 1.17 bits per heavy atom. The van der Waals surface area contributed by atoms with Crippen molar-refractivity contribution in [2.75, 3.05) is 19.6 Å². The molecular formula is C14H24N2O2. The van der Waals surface area contributed by atoms with Gasteiger partial charge in [-0.1, -0.05) is 0 Å². The van der Waals surface area contributed by atoms with Crippen LogP contribution in [0.25, 0.3) is 0 Å². The summed E-state index contributed by atoms with van der Waals surface area (Å²) in [5.74, 6) is 0. The van der Waals surface area contributed by atoms with E-state index in [9.17, 15) is 4.79 Å². The monoisotopic (exact) mass is 252 g/mol. The molecule has 0 radical (unpaired) electrons. The predicted molar refractivity (Wildman–Crippen MR) is 71.1 cm³/mol. The second-order valence-corrected chi connectivity index (χ2v) is 6.09. The van der Waals surface area contributed by atoms with Crippen LogP contribution in [-0.4, -0.2) is 41.1 Å². The molecule has 0 bridgehead atoms. The van der Waals surface area contributed by atoms with E-state index >= 15 is 0 Å². The van der Waals surface area contributed by atoms with Gasteiger partial charge in [0.05, 0.1) is 0 Å². The summed E-state index contributed by atoms with van der Waals surface area (Å²) in [6.45, 7) is 8.74. The van der Waals surface area contributed by atoms with Crippen molar-refractivity contribution in [1.82, 2.24) is 9.80 Å². The number of ether oxygens (including phenoxy) is 1. The smallest absolute Gasteiger partial charge is 0.414 e. The number of amides is 1. The van der Waals surface area contributed by atoms with Crippen LogP contribution in [-0.2, 0) is 4.74 Å². The van der Waals surface area contributed by atoms with Crippen molar-refractivity contribution < 1.29 is 9.53 Å². The molecule has 0 aromatic carbocycles. The van der Waals surface area contributed by atoms with Gasteiger partial charge in [-0.2, -0.15) is 0 Å². The van der Waals surface area contributed by atoms with Gasteiger partial charge >= 0.3 is 6.09 Å². The number of hydrogen-bond donors (Lipinski definition) is 0. The normalized spacial score (nSPS) is 20.9. The van der Waals surface area contributed by atoms with Crippen molar-refractivity contribution in [3.05, 3.63) is 11.9 Å². The first-order valence-electron chi connectivity index (χ1n) is 6.91. The highest BCUT2D eigenvalue weighted by Crippen LogP contribution is 2.23.